The molecule has 2 aliphatic rings. The average Bonchev–Trinajstić information content (AvgIpc) is 3.13. The fraction of sp³-hybridized carbons (Fsp3) is 0.348. The van der Waals surface area contributed by atoms with Crippen molar-refractivity contribution in [1.29, 1.82) is 0 Å². The molecular formula is C23H22F3N5O2. The Balaban J connectivity index is 1.47. The lowest BCUT2D eigenvalue weighted by atomic mass is 9.95. The first kappa shape index (κ1) is 21.3. The summed E-state index contributed by atoms with van der Waals surface area (Å²) in [5.41, 5.74) is 2.55. The zero-order valence-corrected chi connectivity index (χ0v) is 18.4. The first-order valence-electron chi connectivity index (χ1n) is 10.6. The van der Waals surface area contributed by atoms with Gasteiger partial charge in [0, 0.05) is 38.0 Å². The molecule has 2 aromatic heterocycles. The number of halogens is 3. The maximum absolute atomic E-state index is 13.9. The van der Waals surface area contributed by atoms with Crippen molar-refractivity contribution in [3.63, 3.8) is 0 Å². The number of ether oxygens (including phenoxy) is 1. The van der Waals surface area contributed by atoms with Gasteiger partial charge in [-0.15, -0.1) is 0 Å². The summed E-state index contributed by atoms with van der Waals surface area (Å²) in [5, 5.41) is 4.53. The van der Waals surface area contributed by atoms with Gasteiger partial charge in [-0.05, 0) is 31.5 Å². The van der Waals surface area contributed by atoms with Gasteiger partial charge < -0.3 is 14.5 Å². The summed E-state index contributed by atoms with van der Waals surface area (Å²) in [6.45, 7) is 3.49. The molecule has 10 heteroatoms. The highest BCUT2D eigenvalue weighted by molar-refractivity contribution is 5.95. The van der Waals surface area contributed by atoms with Crippen LogP contribution in [0, 0.1) is 17.5 Å². The molecule has 1 aromatic carbocycles. The van der Waals surface area contributed by atoms with Gasteiger partial charge in [0.2, 0.25) is 0 Å². The number of fused-ring (bicyclic) bond motifs is 2. The van der Waals surface area contributed by atoms with Crippen LogP contribution in [0.3, 0.4) is 0 Å². The quantitative estimate of drug-likeness (QED) is 0.552. The number of anilines is 1. The molecular weight excluding hydrogens is 435 g/mol. The highest BCUT2D eigenvalue weighted by atomic mass is 19.2. The Morgan fingerprint density at radius 1 is 1.12 bits per heavy atom. The Hall–Kier alpha value is -3.56. The normalized spacial score (nSPS) is 17.5. The Bertz CT molecular complexity index is 1250. The molecule has 0 unspecified atom stereocenters. The minimum atomic E-state index is -1.51. The molecule has 4 heterocycles. The molecule has 0 aliphatic carbocycles. The number of hydrogen-bond donors (Lipinski definition) is 0. The van der Waals surface area contributed by atoms with E-state index in [2.05, 4.69) is 10.1 Å². The molecule has 5 rings (SSSR count). The third kappa shape index (κ3) is 3.40. The molecule has 172 valence electrons. The predicted octanol–water partition coefficient (Wildman–Crippen LogP) is 3.49. The van der Waals surface area contributed by atoms with Gasteiger partial charge in [0.05, 0.1) is 29.5 Å². The van der Waals surface area contributed by atoms with Crippen LogP contribution < -0.4 is 9.64 Å². The van der Waals surface area contributed by atoms with Crippen molar-refractivity contribution >= 4 is 11.7 Å². The molecule has 1 amide bonds. The van der Waals surface area contributed by atoms with Gasteiger partial charge in [0.25, 0.3) is 5.91 Å². The second-order valence-corrected chi connectivity index (χ2v) is 8.33. The molecule has 0 saturated heterocycles. The van der Waals surface area contributed by atoms with Crippen LogP contribution in [-0.4, -0.2) is 52.3 Å². The number of carbonyl (C=O) groups is 1. The van der Waals surface area contributed by atoms with Crippen molar-refractivity contribution in [2.45, 2.75) is 19.4 Å². The van der Waals surface area contributed by atoms with Crippen molar-refractivity contribution in [2.24, 2.45) is 7.05 Å². The first-order valence-corrected chi connectivity index (χ1v) is 10.6. The summed E-state index contributed by atoms with van der Waals surface area (Å²) in [6.07, 6.45) is 1.98. The van der Waals surface area contributed by atoms with Crippen LogP contribution in [0.2, 0.25) is 0 Å². The van der Waals surface area contributed by atoms with E-state index in [9.17, 15) is 18.0 Å². The zero-order valence-electron chi connectivity index (χ0n) is 18.4. The molecule has 3 aromatic rings. The maximum atomic E-state index is 13.9. The number of hydrogen-bond acceptors (Lipinski definition) is 5. The van der Waals surface area contributed by atoms with Crippen LogP contribution in [0.1, 0.15) is 34.6 Å². The summed E-state index contributed by atoms with van der Waals surface area (Å²) in [4.78, 5) is 21.4. The third-order valence-corrected chi connectivity index (χ3v) is 6.29. The number of aryl methyl sites for hydroxylation is 1. The van der Waals surface area contributed by atoms with E-state index >= 15 is 0 Å². The van der Waals surface area contributed by atoms with Crippen LogP contribution >= 0.6 is 0 Å². The molecule has 2 aliphatic heterocycles. The number of carbonyl (C=O) groups excluding carboxylic acids is 1. The van der Waals surface area contributed by atoms with Gasteiger partial charge >= 0.3 is 0 Å². The SMILES string of the molecule is C[C@H]1c2nn(C)c(-c3cc(F)c(F)c(F)c3)c2CCN1C(=O)c1cnc2c(c1)OCCN2C. The Morgan fingerprint density at radius 3 is 2.58 bits per heavy atom. The molecule has 33 heavy (non-hydrogen) atoms. The number of likely N-dealkylation sites (N-methyl/N-ethyl adjacent to an activating group) is 1. The molecule has 0 radical (unpaired) electrons. The van der Waals surface area contributed by atoms with Crippen LogP contribution in [0.5, 0.6) is 5.75 Å². The molecule has 0 N–H and O–H groups in total. The van der Waals surface area contributed by atoms with Crippen molar-refractivity contribution in [1.82, 2.24) is 19.7 Å². The second kappa shape index (κ2) is 7.79. The summed E-state index contributed by atoms with van der Waals surface area (Å²) in [7, 11) is 3.58. The van der Waals surface area contributed by atoms with E-state index in [-0.39, 0.29) is 17.5 Å². The van der Waals surface area contributed by atoms with Gasteiger partial charge in [-0.25, -0.2) is 18.2 Å². The van der Waals surface area contributed by atoms with E-state index in [4.69, 9.17) is 4.74 Å². The lowest BCUT2D eigenvalue weighted by molar-refractivity contribution is 0.0672. The second-order valence-electron chi connectivity index (χ2n) is 8.33. The molecule has 7 nitrogen and oxygen atoms in total. The van der Waals surface area contributed by atoms with E-state index < -0.39 is 17.5 Å². The molecule has 1 atom stereocenters. The topological polar surface area (TPSA) is 63.5 Å². The minimum Gasteiger partial charge on any atom is -0.488 e. The van der Waals surface area contributed by atoms with Crippen molar-refractivity contribution in [3.05, 3.63) is 58.7 Å². The van der Waals surface area contributed by atoms with Crippen LogP contribution in [0.4, 0.5) is 19.0 Å². The summed E-state index contributed by atoms with van der Waals surface area (Å²) in [5.74, 6) is -2.96. The number of nitrogens with zero attached hydrogens (tertiary/aromatic N) is 5. The summed E-state index contributed by atoms with van der Waals surface area (Å²) < 4.78 is 48.4. The Kier molecular flexibility index (Phi) is 5.02. The third-order valence-electron chi connectivity index (χ3n) is 6.29. The van der Waals surface area contributed by atoms with Gasteiger partial charge in [-0.1, -0.05) is 0 Å². The van der Waals surface area contributed by atoms with Crippen LogP contribution in [0.25, 0.3) is 11.3 Å². The van der Waals surface area contributed by atoms with E-state index in [1.165, 1.54) is 4.68 Å². The van der Waals surface area contributed by atoms with Gasteiger partial charge in [-0.3, -0.25) is 9.48 Å². The summed E-state index contributed by atoms with van der Waals surface area (Å²) in [6, 6.07) is 3.26. The van der Waals surface area contributed by atoms with Crippen molar-refractivity contribution in [2.75, 3.05) is 31.6 Å². The van der Waals surface area contributed by atoms with E-state index in [0.717, 1.165) is 24.2 Å². The average molecular weight is 457 g/mol. The zero-order chi connectivity index (χ0) is 23.4. The molecule has 0 fully saturated rings. The fourth-order valence-electron chi connectivity index (χ4n) is 4.59. The smallest absolute Gasteiger partial charge is 0.256 e. The summed E-state index contributed by atoms with van der Waals surface area (Å²) >= 11 is 0. The maximum Gasteiger partial charge on any atom is 0.256 e. The lowest BCUT2D eigenvalue weighted by Crippen LogP contribution is -2.39. The number of aromatic nitrogens is 3. The largest absolute Gasteiger partial charge is 0.488 e. The minimum absolute atomic E-state index is 0.202. The monoisotopic (exact) mass is 457 g/mol. The number of rotatable bonds is 2. The fourth-order valence-corrected chi connectivity index (χ4v) is 4.59. The number of amides is 1. The molecule has 0 spiro atoms. The van der Waals surface area contributed by atoms with Crippen LogP contribution in [-0.2, 0) is 13.5 Å². The van der Waals surface area contributed by atoms with Gasteiger partial charge in [0.1, 0.15) is 6.61 Å². The standard InChI is InChI=1S/C23H22F3N5O2/c1-12-20-15(21(30(3)28-20)13-8-16(24)19(26)17(25)9-13)4-5-31(12)23(32)14-10-18-22(27-11-14)29(2)6-7-33-18/h8-12H,4-7H2,1-3H3/t12-/m0/s1. The molecule has 0 saturated carbocycles. The number of pyridine rings is 1. The Labute approximate surface area is 188 Å². The molecule has 0 bridgehead atoms. The van der Waals surface area contributed by atoms with E-state index in [1.54, 1.807) is 24.2 Å². The van der Waals surface area contributed by atoms with E-state index in [0.29, 0.717) is 48.1 Å². The Morgan fingerprint density at radius 2 is 1.85 bits per heavy atom. The predicted molar refractivity (Wildman–Crippen MR) is 115 cm³/mol. The lowest BCUT2D eigenvalue weighted by Gasteiger charge is -2.33. The van der Waals surface area contributed by atoms with Crippen molar-refractivity contribution < 1.29 is 22.7 Å². The van der Waals surface area contributed by atoms with Crippen LogP contribution in [0.15, 0.2) is 24.4 Å². The highest BCUT2D eigenvalue weighted by Crippen LogP contribution is 2.37. The first-order chi connectivity index (χ1) is 15.8. The number of benzene rings is 1. The van der Waals surface area contributed by atoms with E-state index in [1.807, 2.05) is 18.9 Å². The highest BCUT2D eigenvalue weighted by Gasteiger charge is 2.34. The van der Waals surface area contributed by atoms with Gasteiger partial charge in [-0.2, -0.15) is 5.10 Å². The van der Waals surface area contributed by atoms with Crippen molar-refractivity contribution in [3.8, 4) is 17.0 Å². The van der Waals surface area contributed by atoms with Gasteiger partial charge in [0.15, 0.2) is 29.0 Å².